The molecule has 0 aliphatic heterocycles. The summed E-state index contributed by atoms with van der Waals surface area (Å²) in [6.07, 6.45) is 2.26. The summed E-state index contributed by atoms with van der Waals surface area (Å²) < 4.78 is 7.69. The number of carbonyl (C=O) groups is 2. The lowest BCUT2D eigenvalue weighted by Crippen LogP contribution is -2.51. The first-order chi connectivity index (χ1) is 18.3. The zero-order chi connectivity index (χ0) is 27.5. The Kier molecular flexibility index (Phi) is 11.9. The molecule has 1 N–H and O–H groups in total. The van der Waals surface area contributed by atoms with Crippen molar-refractivity contribution in [2.45, 2.75) is 58.5 Å². The van der Waals surface area contributed by atoms with Gasteiger partial charge in [0.2, 0.25) is 5.91 Å². The van der Waals surface area contributed by atoms with Crippen LogP contribution >= 0.6 is 31.9 Å². The smallest absolute Gasteiger partial charge is 0.261 e. The topological polar surface area (TPSA) is 58.6 Å². The van der Waals surface area contributed by atoms with Gasteiger partial charge in [-0.25, -0.2) is 0 Å². The van der Waals surface area contributed by atoms with Gasteiger partial charge in [-0.05, 0) is 69.2 Å². The van der Waals surface area contributed by atoms with Gasteiger partial charge in [0.15, 0.2) is 6.61 Å². The molecule has 7 heteroatoms. The second kappa shape index (κ2) is 15.1. The molecule has 0 saturated heterocycles. The van der Waals surface area contributed by atoms with Crippen LogP contribution in [0.2, 0.25) is 0 Å². The summed E-state index contributed by atoms with van der Waals surface area (Å²) in [5, 5.41) is 3.05. The van der Waals surface area contributed by atoms with Crippen molar-refractivity contribution in [3.63, 3.8) is 0 Å². The highest BCUT2D eigenvalue weighted by atomic mass is 79.9. The lowest BCUT2D eigenvalue weighted by molar-refractivity contribution is -0.142. The number of carbonyl (C=O) groups excluding carboxylic acids is 2. The zero-order valence-corrected chi connectivity index (χ0v) is 25.4. The molecule has 1 atom stereocenters. The van der Waals surface area contributed by atoms with Crippen LogP contribution < -0.4 is 10.1 Å². The maximum atomic E-state index is 13.8. The Balaban J connectivity index is 1.89. The van der Waals surface area contributed by atoms with Gasteiger partial charge in [-0.3, -0.25) is 9.59 Å². The van der Waals surface area contributed by atoms with Crippen molar-refractivity contribution in [1.82, 2.24) is 10.2 Å². The Morgan fingerprint density at radius 3 is 2.34 bits per heavy atom. The molecule has 3 aromatic carbocycles. The van der Waals surface area contributed by atoms with Gasteiger partial charge in [0, 0.05) is 24.0 Å². The summed E-state index contributed by atoms with van der Waals surface area (Å²) >= 11 is 7.10. The molecule has 3 rings (SSSR count). The third-order valence-electron chi connectivity index (χ3n) is 6.32. The monoisotopic (exact) mass is 642 g/mol. The molecule has 0 fully saturated rings. The Labute approximate surface area is 243 Å². The van der Waals surface area contributed by atoms with E-state index in [2.05, 4.69) is 57.9 Å². The molecule has 202 valence electrons. The normalized spacial score (nSPS) is 11.7. The Morgan fingerprint density at radius 2 is 1.68 bits per heavy atom. The van der Waals surface area contributed by atoms with Crippen molar-refractivity contribution in [2.24, 2.45) is 0 Å². The third kappa shape index (κ3) is 8.98. The molecular weight excluding hydrogens is 608 g/mol. The molecule has 5 nitrogen and oxygen atoms in total. The number of benzene rings is 3. The van der Waals surface area contributed by atoms with Crippen molar-refractivity contribution in [1.29, 1.82) is 0 Å². The molecule has 0 aromatic heterocycles. The second-order valence-electron chi connectivity index (χ2n) is 9.63. The fraction of sp³-hybridized carbons (Fsp3) is 0.355. The van der Waals surface area contributed by atoms with Gasteiger partial charge >= 0.3 is 0 Å². The number of hydrogen-bond acceptors (Lipinski definition) is 3. The molecule has 38 heavy (non-hydrogen) atoms. The molecule has 2 amide bonds. The molecule has 0 bridgehead atoms. The van der Waals surface area contributed by atoms with E-state index in [9.17, 15) is 9.59 Å². The van der Waals surface area contributed by atoms with Crippen molar-refractivity contribution in [3.8, 4) is 5.75 Å². The predicted molar refractivity (Wildman–Crippen MR) is 160 cm³/mol. The highest BCUT2D eigenvalue weighted by Crippen LogP contribution is 2.29. The standard InChI is InChI=1S/C31H36Br2N2O3/c1-4-5-16-34-31(37)28(18-23-10-7-6-8-11-23)35(20-24-12-9-13-26(32)17-24)30(36)21-38-29-15-14-25(22(2)3)19-27(29)33/h6-15,17,19,22,28H,4-5,16,18,20-21H2,1-3H3,(H,34,37)/t28-/m1/s1. The SMILES string of the molecule is CCCCNC(=O)[C@@H](Cc1ccccc1)N(Cc1cccc(Br)c1)C(=O)COc1ccc(C(C)C)cc1Br. The Morgan fingerprint density at radius 1 is 0.947 bits per heavy atom. The van der Waals surface area contributed by atoms with Crippen molar-refractivity contribution in [2.75, 3.05) is 13.2 Å². The minimum absolute atomic E-state index is 0.159. The lowest BCUT2D eigenvalue weighted by atomic mass is 10.0. The molecule has 0 heterocycles. The molecule has 0 spiro atoms. The molecule has 0 unspecified atom stereocenters. The fourth-order valence-electron chi connectivity index (χ4n) is 4.11. The lowest BCUT2D eigenvalue weighted by Gasteiger charge is -2.31. The second-order valence-corrected chi connectivity index (χ2v) is 11.4. The summed E-state index contributed by atoms with van der Waals surface area (Å²) in [5.41, 5.74) is 3.09. The number of nitrogens with zero attached hydrogens (tertiary/aromatic N) is 1. The van der Waals surface area contributed by atoms with Crippen molar-refractivity contribution >= 4 is 43.7 Å². The largest absolute Gasteiger partial charge is 0.483 e. The molecule has 0 radical (unpaired) electrons. The Bertz CT molecular complexity index is 1200. The zero-order valence-electron chi connectivity index (χ0n) is 22.3. The summed E-state index contributed by atoms with van der Waals surface area (Å²) in [6, 6.07) is 22.8. The summed E-state index contributed by atoms with van der Waals surface area (Å²) in [6.45, 7) is 7.02. The van der Waals surface area contributed by atoms with E-state index in [-0.39, 0.29) is 25.0 Å². The van der Waals surface area contributed by atoms with Crippen LogP contribution in [0.15, 0.2) is 81.7 Å². The van der Waals surface area contributed by atoms with Crippen LogP contribution in [-0.4, -0.2) is 35.9 Å². The van der Waals surface area contributed by atoms with E-state index in [1.807, 2.05) is 72.8 Å². The van der Waals surface area contributed by atoms with Gasteiger partial charge in [0.1, 0.15) is 11.8 Å². The first-order valence-electron chi connectivity index (χ1n) is 13.1. The highest BCUT2D eigenvalue weighted by molar-refractivity contribution is 9.10. The minimum Gasteiger partial charge on any atom is -0.483 e. The van der Waals surface area contributed by atoms with Gasteiger partial charge in [0.25, 0.3) is 5.91 Å². The van der Waals surface area contributed by atoms with Crippen LogP contribution in [0.4, 0.5) is 0 Å². The van der Waals surface area contributed by atoms with E-state index in [0.717, 1.165) is 32.9 Å². The van der Waals surface area contributed by atoms with Gasteiger partial charge in [0.05, 0.1) is 4.47 Å². The van der Waals surface area contributed by atoms with Crippen LogP contribution in [0.1, 0.15) is 56.2 Å². The fourth-order valence-corrected chi connectivity index (χ4v) is 5.07. The number of ether oxygens (including phenoxy) is 1. The van der Waals surface area contributed by atoms with Crippen LogP contribution in [0, 0.1) is 0 Å². The summed E-state index contributed by atoms with van der Waals surface area (Å²) in [7, 11) is 0. The quantitative estimate of drug-likeness (QED) is 0.199. The Hall–Kier alpha value is -2.64. The summed E-state index contributed by atoms with van der Waals surface area (Å²) in [4.78, 5) is 28.9. The maximum absolute atomic E-state index is 13.8. The van der Waals surface area contributed by atoms with E-state index in [1.165, 1.54) is 5.56 Å². The average molecular weight is 644 g/mol. The number of nitrogens with one attached hydrogen (secondary N) is 1. The molecular formula is C31H36Br2N2O3. The number of hydrogen-bond donors (Lipinski definition) is 1. The molecule has 3 aromatic rings. The van der Waals surface area contributed by atoms with Gasteiger partial charge in [-0.1, -0.05) is 91.7 Å². The van der Waals surface area contributed by atoms with Crippen molar-refractivity contribution in [3.05, 3.63) is 98.4 Å². The first-order valence-corrected chi connectivity index (χ1v) is 14.6. The molecule has 0 aliphatic carbocycles. The van der Waals surface area contributed by atoms with Gasteiger partial charge < -0.3 is 15.0 Å². The van der Waals surface area contributed by atoms with Crippen molar-refractivity contribution < 1.29 is 14.3 Å². The number of amides is 2. The summed E-state index contributed by atoms with van der Waals surface area (Å²) in [5.74, 6) is 0.564. The van der Waals surface area contributed by atoms with Crippen LogP contribution in [0.5, 0.6) is 5.75 Å². The number of unbranched alkanes of at least 4 members (excludes halogenated alkanes) is 1. The van der Waals surface area contributed by atoms with E-state index in [1.54, 1.807) is 4.90 Å². The van der Waals surface area contributed by atoms with Crippen LogP contribution in [0.3, 0.4) is 0 Å². The maximum Gasteiger partial charge on any atom is 0.261 e. The van der Waals surface area contributed by atoms with Crippen LogP contribution in [-0.2, 0) is 22.6 Å². The third-order valence-corrected chi connectivity index (χ3v) is 7.43. The van der Waals surface area contributed by atoms with Crippen LogP contribution in [0.25, 0.3) is 0 Å². The first kappa shape index (κ1) is 29.9. The van der Waals surface area contributed by atoms with E-state index in [4.69, 9.17) is 4.74 Å². The van der Waals surface area contributed by atoms with E-state index in [0.29, 0.717) is 24.6 Å². The van der Waals surface area contributed by atoms with Gasteiger partial charge in [-0.2, -0.15) is 0 Å². The minimum atomic E-state index is -0.684. The van der Waals surface area contributed by atoms with Gasteiger partial charge in [-0.15, -0.1) is 0 Å². The predicted octanol–water partition coefficient (Wildman–Crippen LogP) is 7.27. The molecule has 0 saturated carbocycles. The van der Waals surface area contributed by atoms with E-state index >= 15 is 0 Å². The number of halogens is 2. The van der Waals surface area contributed by atoms with E-state index < -0.39 is 6.04 Å². The average Bonchev–Trinajstić information content (AvgIpc) is 2.90. The highest BCUT2D eigenvalue weighted by Gasteiger charge is 2.30. The molecule has 0 aliphatic rings. The number of rotatable bonds is 13.